The highest BCUT2D eigenvalue weighted by atomic mass is 35.5. The molecule has 0 unspecified atom stereocenters. The van der Waals surface area contributed by atoms with Crippen molar-refractivity contribution in [3.8, 4) is 17.2 Å². The van der Waals surface area contributed by atoms with Crippen LogP contribution in [0, 0.1) is 6.92 Å². The number of benzene rings is 2. The van der Waals surface area contributed by atoms with Gasteiger partial charge >= 0.3 is 5.63 Å². The Morgan fingerprint density at radius 1 is 1.12 bits per heavy atom. The molecule has 5 rings (SSSR count). The Kier molecular flexibility index (Phi) is 5.16. The van der Waals surface area contributed by atoms with Crippen molar-refractivity contribution < 1.29 is 43.8 Å². The van der Waals surface area contributed by atoms with Crippen LogP contribution in [0.25, 0.3) is 21.7 Å². The number of hydrogen-bond acceptors (Lipinski definition) is 10. The van der Waals surface area contributed by atoms with E-state index >= 15 is 0 Å². The van der Waals surface area contributed by atoms with Crippen molar-refractivity contribution in [2.45, 2.75) is 37.6 Å². The molecular weight excluding hydrogens is 448 g/mol. The molecule has 10 nitrogen and oxygen atoms in total. The molecule has 2 aliphatic rings. The summed E-state index contributed by atoms with van der Waals surface area (Å²) in [5.41, 5.74) is 0.00591. The van der Waals surface area contributed by atoms with Gasteiger partial charge in [-0.25, -0.2) is 4.79 Å². The van der Waals surface area contributed by atoms with Gasteiger partial charge in [0.15, 0.2) is 17.1 Å². The zero-order valence-corrected chi connectivity index (χ0v) is 17.4. The molecule has 0 spiro atoms. The van der Waals surface area contributed by atoms with E-state index in [4.69, 9.17) is 35.0 Å². The van der Waals surface area contributed by atoms with Crippen LogP contribution in [0.15, 0.2) is 27.4 Å². The predicted octanol–water partition coefficient (Wildman–Crippen LogP) is 0.815. The second kappa shape index (κ2) is 7.77. The van der Waals surface area contributed by atoms with Crippen molar-refractivity contribution in [2.24, 2.45) is 0 Å². The Hall–Kier alpha value is -2.60. The van der Waals surface area contributed by atoms with Gasteiger partial charge in [-0.1, -0.05) is 11.6 Å². The van der Waals surface area contributed by atoms with E-state index in [1.165, 1.54) is 0 Å². The first kappa shape index (κ1) is 21.3. The Morgan fingerprint density at radius 2 is 1.91 bits per heavy atom. The summed E-state index contributed by atoms with van der Waals surface area (Å²) in [7, 11) is 0. The summed E-state index contributed by atoms with van der Waals surface area (Å²) < 4.78 is 27.5. The van der Waals surface area contributed by atoms with Crippen LogP contribution in [0.2, 0.25) is 5.02 Å². The van der Waals surface area contributed by atoms with Gasteiger partial charge in [-0.15, -0.1) is 0 Å². The molecule has 0 radical (unpaired) electrons. The van der Waals surface area contributed by atoms with E-state index in [-0.39, 0.29) is 23.1 Å². The molecule has 1 saturated heterocycles. The summed E-state index contributed by atoms with van der Waals surface area (Å²) >= 11 is 6.51. The highest BCUT2D eigenvalue weighted by Crippen LogP contribution is 2.45. The summed E-state index contributed by atoms with van der Waals surface area (Å²) in [6.07, 6.45) is -7.38. The standard InChI is InChI=1S/C21H19ClO10/c1-7-4-10(30-21-17(26)16(25)15(24)11(5-23)31-21)14(22)19-12(7)13-8(20(27)32-19)2-3-9-18(13)29-6-28-9/h2-4,11,15-17,21,23-26H,5-6H2,1H3/t11-,15-,16+,17-,21-/m1/s1. The molecule has 2 aliphatic heterocycles. The van der Waals surface area contributed by atoms with Crippen molar-refractivity contribution >= 4 is 33.3 Å². The normalized spacial score (nSPS) is 27.2. The fourth-order valence-corrected chi connectivity index (χ4v) is 4.29. The molecule has 11 heteroatoms. The van der Waals surface area contributed by atoms with Crippen LogP contribution in [-0.4, -0.2) is 64.5 Å². The van der Waals surface area contributed by atoms with Crippen molar-refractivity contribution in [3.05, 3.63) is 39.2 Å². The topological polar surface area (TPSA) is 148 Å². The molecule has 2 aromatic carbocycles. The summed E-state index contributed by atoms with van der Waals surface area (Å²) in [4.78, 5) is 12.7. The van der Waals surface area contributed by atoms with Crippen LogP contribution < -0.4 is 19.8 Å². The monoisotopic (exact) mass is 466 g/mol. The first-order chi connectivity index (χ1) is 15.3. The second-order valence-corrected chi connectivity index (χ2v) is 8.01. The van der Waals surface area contributed by atoms with Crippen LogP contribution in [0.4, 0.5) is 0 Å². The second-order valence-electron chi connectivity index (χ2n) is 7.64. The van der Waals surface area contributed by atoms with Gasteiger partial charge in [0.25, 0.3) is 0 Å². The number of hydrogen-bond donors (Lipinski definition) is 4. The molecule has 4 N–H and O–H groups in total. The molecule has 170 valence electrons. The minimum atomic E-state index is -1.63. The minimum Gasteiger partial charge on any atom is -0.460 e. The number of aliphatic hydroxyl groups is 4. The van der Waals surface area contributed by atoms with Gasteiger partial charge in [0, 0.05) is 10.8 Å². The molecule has 32 heavy (non-hydrogen) atoms. The summed E-state index contributed by atoms with van der Waals surface area (Å²) in [5, 5.41) is 40.8. The summed E-state index contributed by atoms with van der Waals surface area (Å²) in [6.45, 7) is 1.15. The first-order valence-electron chi connectivity index (χ1n) is 9.77. The number of rotatable bonds is 3. The summed E-state index contributed by atoms with van der Waals surface area (Å²) in [6, 6.07) is 4.77. The van der Waals surface area contributed by atoms with E-state index < -0.39 is 42.9 Å². The van der Waals surface area contributed by atoms with Crippen LogP contribution in [-0.2, 0) is 4.74 Å². The van der Waals surface area contributed by atoms with E-state index in [1.807, 2.05) is 0 Å². The maximum atomic E-state index is 12.7. The Balaban J connectivity index is 1.65. The number of aliphatic hydroxyl groups excluding tert-OH is 4. The van der Waals surface area contributed by atoms with Crippen LogP contribution in [0.5, 0.6) is 17.2 Å². The maximum Gasteiger partial charge on any atom is 0.344 e. The average molecular weight is 467 g/mol. The lowest BCUT2D eigenvalue weighted by Gasteiger charge is -2.39. The molecule has 5 atom stereocenters. The van der Waals surface area contributed by atoms with Crippen LogP contribution in [0.3, 0.4) is 0 Å². The largest absolute Gasteiger partial charge is 0.460 e. The van der Waals surface area contributed by atoms with Gasteiger partial charge < -0.3 is 43.8 Å². The lowest BCUT2D eigenvalue weighted by Crippen LogP contribution is -2.60. The average Bonchev–Trinajstić information content (AvgIpc) is 3.26. The van der Waals surface area contributed by atoms with Gasteiger partial charge in [-0.3, -0.25) is 0 Å². The van der Waals surface area contributed by atoms with Crippen molar-refractivity contribution in [2.75, 3.05) is 13.4 Å². The van der Waals surface area contributed by atoms with E-state index in [0.29, 0.717) is 33.2 Å². The minimum absolute atomic E-state index is 0.00763. The lowest BCUT2D eigenvalue weighted by molar-refractivity contribution is -0.277. The SMILES string of the molecule is Cc1cc(O[C@@H]2O[C@H](CO)[C@@H](O)[C@H](O)[C@H]2O)c(Cl)c2oc(=O)c3ccc4c(c3c12)OCO4. The van der Waals surface area contributed by atoms with Gasteiger partial charge in [0.1, 0.15) is 35.2 Å². The molecule has 3 heterocycles. The molecule has 3 aromatic rings. The number of fused-ring (bicyclic) bond motifs is 5. The Labute approximate surface area is 185 Å². The fraction of sp³-hybridized carbons (Fsp3) is 0.381. The number of aryl methyl sites for hydroxylation is 1. The molecule has 0 aliphatic carbocycles. The predicted molar refractivity (Wildman–Crippen MR) is 110 cm³/mol. The van der Waals surface area contributed by atoms with Crippen molar-refractivity contribution in [1.29, 1.82) is 0 Å². The fourth-order valence-electron chi connectivity index (χ4n) is 4.05. The lowest BCUT2D eigenvalue weighted by atomic mass is 9.99. The van der Waals surface area contributed by atoms with Gasteiger partial charge in [-0.2, -0.15) is 0 Å². The molecule has 0 bridgehead atoms. The molecule has 1 aromatic heterocycles. The zero-order chi connectivity index (χ0) is 22.7. The molecular formula is C21H19ClO10. The molecule has 0 saturated carbocycles. The van der Waals surface area contributed by atoms with Crippen molar-refractivity contribution in [3.63, 3.8) is 0 Å². The van der Waals surface area contributed by atoms with E-state index in [9.17, 15) is 25.2 Å². The number of halogens is 1. The highest BCUT2D eigenvalue weighted by Gasteiger charge is 2.45. The Bertz CT molecular complexity index is 1270. The molecule has 0 amide bonds. The van der Waals surface area contributed by atoms with Gasteiger partial charge in [-0.05, 0) is 30.7 Å². The molecule has 1 fully saturated rings. The van der Waals surface area contributed by atoms with Gasteiger partial charge in [0.2, 0.25) is 13.1 Å². The maximum absolute atomic E-state index is 12.7. The third-order valence-electron chi connectivity index (χ3n) is 5.68. The van der Waals surface area contributed by atoms with Crippen LogP contribution in [0.1, 0.15) is 5.56 Å². The van der Waals surface area contributed by atoms with E-state index in [1.54, 1.807) is 25.1 Å². The quantitative estimate of drug-likeness (QED) is 0.323. The number of ether oxygens (including phenoxy) is 4. The first-order valence-corrected chi connectivity index (χ1v) is 10.1. The summed E-state index contributed by atoms with van der Waals surface area (Å²) in [5.74, 6) is 0.900. The van der Waals surface area contributed by atoms with Crippen molar-refractivity contribution in [1.82, 2.24) is 0 Å². The van der Waals surface area contributed by atoms with E-state index in [2.05, 4.69) is 0 Å². The smallest absolute Gasteiger partial charge is 0.344 e. The third-order valence-corrected chi connectivity index (χ3v) is 6.04. The zero-order valence-electron chi connectivity index (χ0n) is 16.6. The third kappa shape index (κ3) is 3.11. The van der Waals surface area contributed by atoms with Gasteiger partial charge in [0.05, 0.1) is 12.0 Å². The Morgan fingerprint density at radius 3 is 2.66 bits per heavy atom. The van der Waals surface area contributed by atoms with Crippen LogP contribution >= 0.6 is 11.6 Å². The van der Waals surface area contributed by atoms with E-state index in [0.717, 1.165) is 0 Å². The highest BCUT2D eigenvalue weighted by molar-refractivity contribution is 6.37.